The zero-order chi connectivity index (χ0) is 14.2. The van der Waals surface area contributed by atoms with Gasteiger partial charge in [0.15, 0.2) is 0 Å². The lowest BCUT2D eigenvalue weighted by Gasteiger charge is -2.33. The van der Waals surface area contributed by atoms with Crippen LogP contribution >= 0.6 is 0 Å². The largest absolute Gasteiger partial charge is 0.369 e. The lowest BCUT2D eigenvalue weighted by Crippen LogP contribution is -2.33. The molecule has 0 saturated heterocycles. The predicted octanol–water partition coefficient (Wildman–Crippen LogP) is 3.62. The van der Waals surface area contributed by atoms with E-state index in [1.807, 2.05) is 30.5 Å². The normalized spacial score (nSPS) is 19.9. The third kappa shape index (κ3) is 1.96. The van der Waals surface area contributed by atoms with E-state index in [4.69, 9.17) is 0 Å². The van der Waals surface area contributed by atoms with E-state index >= 15 is 0 Å². The summed E-state index contributed by atoms with van der Waals surface area (Å²) in [4.78, 5) is 4.47. The maximum atomic E-state index is 9.25. The second-order valence-corrected chi connectivity index (χ2v) is 5.26. The molecule has 0 spiro atoms. The predicted molar refractivity (Wildman–Crippen MR) is 80.1 cm³/mol. The summed E-state index contributed by atoms with van der Waals surface area (Å²) in [5.41, 5.74) is 4.30. The van der Waals surface area contributed by atoms with Crippen LogP contribution in [0.4, 0.5) is 5.69 Å². The van der Waals surface area contributed by atoms with Crippen LogP contribution in [-0.4, -0.2) is 4.98 Å². The quantitative estimate of drug-likeness (QED) is 0.853. The van der Waals surface area contributed by atoms with Gasteiger partial charge in [0.25, 0.3) is 0 Å². The van der Waals surface area contributed by atoms with Gasteiger partial charge in [-0.3, -0.25) is 4.98 Å². The van der Waals surface area contributed by atoms with Crippen molar-refractivity contribution in [2.24, 2.45) is 0 Å². The van der Waals surface area contributed by atoms with E-state index in [1.54, 1.807) is 0 Å². The molecule has 0 aliphatic carbocycles. The molecule has 20 heavy (non-hydrogen) atoms. The number of benzene rings is 1. The third-order valence-corrected chi connectivity index (χ3v) is 3.65. The van der Waals surface area contributed by atoms with Crippen molar-refractivity contribution >= 4 is 11.8 Å². The molecule has 3 nitrogen and oxygen atoms in total. The summed E-state index contributed by atoms with van der Waals surface area (Å²) in [5, 5.41) is 12.7. The number of nitrogens with one attached hydrogen (secondary N) is 1. The monoisotopic (exact) mass is 261 g/mol. The van der Waals surface area contributed by atoms with E-state index in [1.165, 1.54) is 5.56 Å². The van der Waals surface area contributed by atoms with E-state index in [0.717, 1.165) is 16.9 Å². The molecular formula is C17H15N3. The van der Waals surface area contributed by atoms with Gasteiger partial charge in [0.2, 0.25) is 0 Å². The second-order valence-electron chi connectivity index (χ2n) is 5.26. The number of aryl methyl sites for hydroxylation is 1. The summed E-state index contributed by atoms with van der Waals surface area (Å²) in [6, 6.07) is 12.0. The Morgan fingerprint density at radius 1 is 1.30 bits per heavy atom. The number of pyridine rings is 1. The van der Waals surface area contributed by atoms with Crippen molar-refractivity contribution in [1.82, 2.24) is 4.98 Å². The zero-order valence-corrected chi connectivity index (χ0v) is 11.5. The van der Waals surface area contributed by atoms with Gasteiger partial charge in [-0.15, -0.1) is 0 Å². The van der Waals surface area contributed by atoms with E-state index in [0.29, 0.717) is 5.56 Å². The number of hydrogen-bond acceptors (Lipinski definition) is 3. The highest BCUT2D eigenvalue weighted by molar-refractivity contribution is 5.77. The first-order valence-corrected chi connectivity index (χ1v) is 6.56. The molecule has 1 aliphatic rings. The van der Waals surface area contributed by atoms with Crippen LogP contribution in [0.2, 0.25) is 0 Å². The average molecular weight is 261 g/mol. The standard InChI is InChI=1S/C17H15N3/c1-12-7-9-19-15(10-12)17(2)8-6-13-4-3-5-14(11-18)16(13)20-17/h3-10,20H,1-2H3. The maximum Gasteiger partial charge on any atom is 0.101 e. The third-order valence-electron chi connectivity index (χ3n) is 3.65. The lowest BCUT2D eigenvalue weighted by molar-refractivity contribution is 0.659. The Balaban J connectivity index is 2.10. The number of rotatable bonds is 1. The van der Waals surface area contributed by atoms with E-state index in [-0.39, 0.29) is 0 Å². The minimum Gasteiger partial charge on any atom is -0.369 e. The van der Waals surface area contributed by atoms with Gasteiger partial charge < -0.3 is 5.32 Å². The number of nitriles is 1. The van der Waals surface area contributed by atoms with Gasteiger partial charge in [0.1, 0.15) is 6.07 Å². The number of para-hydroxylation sites is 1. The fourth-order valence-electron chi connectivity index (χ4n) is 2.47. The lowest BCUT2D eigenvalue weighted by atomic mass is 9.89. The Morgan fingerprint density at radius 3 is 2.90 bits per heavy atom. The Morgan fingerprint density at radius 2 is 2.15 bits per heavy atom. The van der Waals surface area contributed by atoms with Crippen LogP contribution in [0.1, 0.15) is 29.3 Å². The molecule has 1 aliphatic heterocycles. The second kappa shape index (κ2) is 4.50. The number of aromatic nitrogens is 1. The fourth-order valence-corrected chi connectivity index (χ4v) is 2.47. The summed E-state index contributed by atoms with van der Waals surface area (Å²) in [5.74, 6) is 0. The zero-order valence-electron chi connectivity index (χ0n) is 11.5. The van der Waals surface area contributed by atoms with Crippen molar-refractivity contribution in [1.29, 1.82) is 5.26 Å². The molecule has 0 amide bonds. The van der Waals surface area contributed by atoms with Gasteiger partial charge in [0, 0.05) is 6.20 Å². The van der Waals surface area contributed by atoms with Crippen LogP contribution in [0.25, 0.3) is 6.08 Å². The molecule has 1 aromatic heterocycles. The van der Waals surface area contributed by atoms with Crippen molar-refractivity contribution in [2.75, 3.05) is 5.32 Å². The number of nitrogens with zero attached hydrogens (tertiary/aromatic N) is 2. The fraction of sp³-hybridized carbons (Fsp3) is 0.176. The molecular weight excluding hydrogens is 246 g/mol. The first kappa shape index (κ1) is 12.4. The van der Waals surface area contributed by atoms with E-state index in [9.17, 15) is 5.26 Å². The van der Waals surface area contributed by atoms with Gasteiger partial charge in [-0.1, -0.05) is 24.3 Å². The number of fused-ring (bicyclic) bond motifs is 1. The van der Waals surface area contributed by atoms with Crippen molar-refractivity contribution in [3.8, 4) is 6.07 Å². The Bertz CT molecular complexity index is 740. The van der Waals surface area contributed by atoms with Crippen LogP contribution in [0, 0.1) is 18.3 Å². The van der Waals surface area contributed by atoms with Crippen molar-refractivity contribution < 1.29 is 0 Å². The van der Waals surface area contributed by atoms with Crippen LogP contribution < -0.4 is 5.32 Å². The summed E-state index contributed by atoms with van der Waals surface area (Å²) in [6.45, 7) is 4.12. The molecule has 3 rings (SSSR count). The smallest absolute Gasteiger partial charge is 0.101 e. The molecule has 0 bridgehead atoms. The Hall–Kier alpha value is -2.60. The van der Waals surface area contributed by atoms with Crippen molar-refractivity contribution in [3.63, 3.8) is 0 Å². The minimum absolute atomic E-state index is 0.397. The maximum absolute atomic E-state index is 9.25. The van der Waals surface area contributed by atoms with Crippen molar-refractivity contribution in [2.45, 2.75) is 19.4 Å². The molecule has 1 aromatic carbocycles. The minimum atomic E-state index is -0.397. The highest BCUT2D eigenvalue weighted by atomic mass is 15.0. The highest BCUT2D eigenvalue weighted by Gasteiger charge is 2.29. The van der Waals surface area contributed by atoms with Crippen LogP contribution in [-0.2, 0) is 5.54 Å². The molecule has 0 saturated carbocycles. The van der Waals surface area contributed by atoms with Crippen LogP contribution in [0.5, 0.6) is 0 Å². The average Bonchev–Trinajstić information content (AvgIpc) is 2.46. The molecule has 1 N–H and O–H groups in total. The van der Waals surface area contributed by atoms with E-state index in [2.05, 4.69) is 48.4 Å². The number of anilines is 1. The summed E-state index contributed by atoms with van der Waals surface area (Å²) < 4.78 is 0. The van der Waals surface area contributed by atoms with Crippen LogP contribution in [0.15, 0.2) is 42.6 Å². The Kier molecular flexibility index (Phi) is 2.80. The molecule has 98 valence electrons. The Labute approximate surface area is 118 Å². The SMILES string of the molecule is Cc1ccnc(C2(C)C=Cc3cccc(C#N)c3N2)c1. The topological polar surface area (TPSA) is 48.7 Å². The number of hydrogen-bond donors (Lipinski definition) is 1. The molecule has 2 aromatic rings. The van der Waals surface area contributed by atoms with Crippen LogP contribution in [0.3, 0.4) is 0 Å². The summed E-state index contributed by atoms with van der Waals surface area (Å²) in [6.07, 6.45) is 5.96. The molecule has 1 atom stereocenters. The van der Waals surface area contributed by atoms with Gasteiger partial charge in [-0.2, -0.15) is 5.26 Å². The van der Waals surface area contributed by atoms with E-state index < -0.39 is 5.54 Å². The molecule has 0 radical (unpaired) electrons. The first-order chi connectivity index (χ1) is 9.62. The van der Waals surface area contributed by atoms with Gasteiger partial charge in [0.05, 0.1) is 22.5 Å². The van der Waals surface area contributed by atoms with Crippen molar-refractivity contribution in [3.05, 3.63) is 65.0 Å². The molecule has 2 heterocycles. The molecule has 0 fully saturated rings. The van der Waals surface area contributed by atoms with Gasteiger partial charge >= 0.3 is 0 Å². The first-order valence-electron chi connectivity index (χ1n) is 6.56. The molecule has 3 heteroatoms. The van der Waals surface area contributed by atoms with Gasteiger partial charge in [-0.25, -0.2) is 0 Å². The summed E-state index contributed by atoms with van der Waals surface area (Å²) >= 11 is 0. The van der Waals surface area contributed by atoms with Gasteiger partial charge in [-0.05, 0) is 43.2 Å². The highest BCUT2D eigenvalue weighted by Crippen LogP contribution is 2.35. The molecule has 1 unspecified atom stereocenters. The summed E-state index contributed by atoms with van der Waals surface area (Å²) in [7, 11) is 0.